The van der Waals surface area contributed by atoms with Crippen LogP contribution < -0.4 is 9.47 Å². The highest BCUT2D eigenvalue weighted by Gasteiger charge is 2.37. The average molecular weight is 354 g/mol. The number of aliphatic hydroxyl groups is 1. The Balaban J connectivity index is 2.00. The topological polar surface area (TPSA) is 76.0 Å². The predicted octanol–water partition coefficient (Wildman–Crippen LogP) is 3.59. The van der Waals surface area contributed by atoms with Crippen molar-refractivity contribution in [1.82, 2.24) is 0 Å². The standard InChI is InChI=1S/C21H22O5/c1-12(2)4-5-14-10-16-18(11-17(14)25-3)26-21(20(24)19(16)23)13-6-8-15(22)9-7-13/h4,6-11,20-22,24H,5H2,1-3H3. The molecule has 3 rings (SSSR count). The highest BCUT2D eigenvalue weighted by Crippen LogP contribution is 2.39. The maximum Gasteiger partial charge on any atom is 0.199 e. The highest BCUT2D eigenvalue weighted by atomic mass is 16.5. The molecule has 0 saturated heterocycles. The number of aromatic hydroxyl groups is 1. The average Bonchev–Trinajstić information content (AvgIpc) is 2.63. The molecule has 2 aromatic rings. The second kappa shape index (κ2) is 7.22. The zero-order chi connectivity index (χ0) is 18.8. The molecule has 1 heterocycles. The molecule has 2 atom stereocenters. The second-order valence-corrected chi connectivity index (χ2v) is 6.58. The van der Waals surface area contributed by atoms with E-state index in [4.69, 9.17) is 9.47 Å². The van der Waals surface area contributed by atoms with Gasteiger partial charge < -0.3 is 19.7 Å². The minimum Gasteiger partial charge on any atom is -0.508 e. The highest BCUT2D eigenvalue weighted by molar-refractivity contribution is 6.03. The Labute approximate surface area is 152 Å². The number of ether oxygens (including phenoxy) is 2. The van der Waals surface area contributed by atoms with Crippen LogP contribution in [0.4, 0.5) is 0 Å². The van der Waals surface area contributed by atoms with E-state index in [1.54, 1.807) is 31.4 Å². The van der Waals surface area contributed by atoms with Crippen molar-refractivity contribution in [1.29, 1.82) is 0 Å². The van der Waals surface area contributed by atoms with E-state index in [2.05, 4.69) is 0 Å². The first-order chi connectivity index (χ1) is 12.4. The molecule has 5 heteroatoms. The molecule has 0 fully saturated rings. The molecule has 0 saturated carbocycles. The molecule has 26 heavy (non-hydrogen) atoms. The lowest BCUT2D eigenvalue weighted by Crippen LogP contribution is -2.36. The van der Waals surface area contributed by atoms with Crippen molar-refractivity contribution < 1.29 is 24.5 Å². The van der Waals surface area contributed by atoms with E-state index in [1.165, 1.54) is 17.7 Å². The zero-order valence-corrected chi connectivity index (χ0v) is 15.0. The van der Waals surface area contributed by atoms with Crippen LogP contribution in [0.5, 0.6) is 17.2 Å². The van der Waals surface area contributed by atoms with Crippen molar-refractivity contribution in [3.05, 3.63) is 64.7 Å². The molecular weight excluding hydrogens is 332 g/mol. The molecule has 0 radical (unpaired) electrons. The molecule has 0 aliphatic carbocycles. The normalized spacial score (nSPS) is 18.7. The van der Waals surface area contributed by atoms with Crippen molar-refractivity contribution in [2.45, 2.75) is 32.5 Å². The molecule has 0 amide bonds. The van der Waals surface area contributed by atoms with Crippen molar-refractivity contribution in [2.75, 3.05) is 7.11 Å². The van der Waals surface area contributed by atoms with Gasteiger partial charge in [0.1, 0.15) is 17.2 Å². The third-order valence-electron chi connectivity index (χ3n) is 4.41. The third-order valence-corrected chi connectivity index (χ3v) is 4.41. The molecule has 0 bridgehead atoms. The Morgan fingerprint density at radius 3 is 2.54 bits per heavy atom. The molecule has 136 valence electrons. The van der Waals surface area contributed by atoms with E-state index in [9.17, 15) is 15.0 Å². The first-order valence-corrected chi connectivity index (χ1v) is 8.43. The summed E-state index contributed by atoms with van der Waals surface area (Å²) in [5.74, 6) is 0.743. The minimum atomic E-state index is -1.31. The van der Waals surface area contributed by atoms with E-state index >= 15 is 0 Å². The largest absolute Gasteiger partial charge is 0.508 e. The van der Waals surface area contributed by atoms with Gasteiger partial charge >= 0.3 is 0 Å². The summed E-state index contributed by atoms with van der Waals surface area (Å²) in [4.78, 5) is 12.7. The minimum absolute atomic E-state index is 0.108. The molecule has 2 N–H and O–H groups in total. The van der Waals surface area contributed by atoms with Gasteiger partial charge in [0, 0.05) is 6.07 Å². The first kappa shape index (κ1) is 18.0. The quantitative estimate of drug-likeness (QED) is 0.821. The number of phenols is 1. The number of ketones is 1. The van der Waals surface area contributed by atoms with Crippen LogP contribution in [0.15, 0.2) is 48.0 Å². The van der Waals surface area contributed by atoms with Crippen LogP contribution in [0.3, 0.4) is 0 Å². The van der Waals surface area contributed by atoms with Crippen molar-refractivity contribution in [2.24, 2.45) is 0 Å². The molecular formula is C21H22O5. The van der Waals surface area contributed by atoms with Crippen molar-refractivity contribution in [3.8, 4) is 17.2 Å². The van der Waals surface area contributed by atoms with Gasteiger partial charge in [0.15, 0.2) is 18.0 Å². The lowest BCUT2D eigenvalue weighted by Gasteiger charge is -2.30. The second-order valence-electron chi connectivity index (χ2n) is 6.58. The number of allylic oxidation sites excluding steroid dienone is 2. The van der Waals surface area contributed by atoms with E-state index in [1.807, 2.05) is 19.9 Å². The summed E-state index contributed by atoms with van der Waals surface area (Å²) in [6.45, 7) is 4.01. The molecule has 1 aliphatic rings. The molecule has 0 aromatic heterocycles. The number of hydrogen-bond acceptors (Lipinski definition) is 5. The van der Waals surface area contributed by atoms with Gasteiger partial charge in [-0.25, -0.2) is 0 Å². The number of Topliss-reactive ketones (excluding diaryl/α,β-unsaturated/α-hetero) is 1. The monoisotopic (exact) mass is 354 g/mol. The number of fused-ring (bicyclic) bond motifs is 1. The third kappa shape index (κ3) is 3.44. The number of carbonyl (C=O) groups excluding carboxylic acids is 1. The number of aliphatic hydroxyl groups excluding tert-OH is 1. The van der Waals surface area contributed by atoms with E-state index in [-0.39, 0.29) is 11.5 Å². The Kier molecular flexibility index (Phi) is 5.00. The van der Waals surface area contributed by atoms with Crippen LogP contribution in [0.2, 0.25) is 0 Å². The van der Waals surface area contributed by atoms with Crippen LogP contribution in [0.25, 0.3) is 0 Å². The SMILES string of the molecule is COc1cc2c(cc1CC=C(C)C)C(=O)C(O)C(c1ccc(O)cc1)O2. The lowest BCUT2D eigenvalue weighted by molar-refractivity contribution is 0.0215. The van der Waals surface area contributed by atoms with Gasteiger partial charge in [0.05, 0.1) is 12.7 Å². The van der Waals surface area contributed by atoms with Crippen LogP contribution in [-0.2, 0) is 6.42 Å². The Morgan fingerprint density at radius 2 is 1.92 bits per heavy atom. The number of carbonyl (C=O) groups is 1. The summed E-state index contributed by atoms with van der Waals surface area (Å²) in [7, 11) is 1.57. The molecule has 2 unspecified atom stereocenters. The van der Waals surface area contributed by atoms with Gasteiger partial charge in [0.25, 0.3) is 0 Å². The Hall–Kier alpha value is -2.79. The molecule has 0 spiro atoms. The molecule has 2 aromatic carbocycles. The smallest absolute Gasteiger partial charge is 0.199 e. The van der Waals surface area contributed by atoms with Crippen molar-refractivity contribution >= 4 is 5.78 Å². The fourth-order valence-electron chi connectivity index (χ4n) is 2.97. The summed E-state index contributed by atoms with van der Waals surface area (Å²) in [5.41, 5.74) is 2.99. The number of benzene rings is 2. The van der Waals surface area contributed by atoms with E-state index < -0.39 is 12.2 Å². The summed E-state index contributed by atoms with van der Waals surface area (Å²) in [5, 5.41) is 19.9. The summed E-state index contributed by atoms with van der Waals surface area (Å²) in [6, 6.07) is 9.67. The van der Waals surface area contributed by atoms with Crippen LogP contribution >= 0.6 is 0 Å². The maximum atomic E-state index is 12.7. The Morgan fingerprint density at radius 1 is 1.23 bits per heavy atom. The van der Waals surface area contributed by atoms with Crippen molar-refractivity contribution in [3.63, 3.8) is 0 Å². The fraction of sp³-hybridized carbons (Fsp3) is 0.286. The number of hydrogen-bond donors (Lipinski definition) is 2. The van der Waals surface area contributed by atoms with Gasteiger partial charge in [-0.1, -0.05) is 23.8 Å². The van der Waals surface area contributed by atoms with Gasteiger partial charge in [-0.3, -0.25) is 4.79 Å². The van der Waals surface area contributed by atoms with E-state index in [0.717, 1.165) is 5.56 Å². The van der Waals surface area contributed by atoms with E-state index in [0.29, 0.717) is 29.0 Å². The van der Waals surface area contributed by atoms with Gasteiger partial charge in [-0.2, -0.15) is 0 Å². The van der Waals surface area contributed by atoms with Gasteiger partial charge in [-0.15, -0.1) is 0 Å². The molecule has 5 nitrogen and oxygen atoms in total. The summed E-state index contributed by atoms with van der Waals surface area (Å²) < 4.78 is 11.4. The number of methoxy groups -OCH3 is 1. The molecule has 1 aliphatic heterocycles. The Bertz CT molecular complexity index is 847. The predicted molar refractivity (Wildman–Crippen MR) is 97.9 cm³/mol. The van der Waals surface area contributed by atoms with Gasteiger partial charge in [0.2, 0.25) is 0 Å². The number of rotatable bonds is 4. The van der Waals surface area contributed by atoms with Crippen LogP contribution in [-0.4, -0.2) is 29.2 Å². The maximum absolute atomic E-state index is 12.7. The van der Waals surface area contributed by atoms with Gasteiger partial charge in [-0.05, 0) is 49.6 Å². The first-order valence-electron chi connectivity index (χ1n) is 8.43. The zero-order valence-electron chi connectivity index (χ0n) is 15.0. The summed E-state index contributed by atoms with van der Waals surface area (Å²) >= 11 is 0. The fourth-order valence-corrected chi connectivity index (χ4v) is 2.97. The van der Waals surface area contributed by atoms with Crippen LogP contribution in [0, 0.1) is 0 Å². The number of phenolic OH excluding ortho intramolecular Hbond substituents is 1. The van der Waals surface area contributed by atoms with Crippen LogP contribution in [0.1, 0.15) is 41.4 Å². The summed E-state index contributed by atoms with van der Waals surface area (Å²) in [6.07, 6.45) is 0.540. The lowest BCUT2D eigenvalue weighted by atomic mass is 9.91.